The molecule has 27 heavy (non-hydrogen) atoms. The third-order valence-electron chi connectivity index (χ3n) is 4.31. The Morgan fingerprint density at radius 3 is 2.85 bits per heavy atom. The normalized spacial score (nSPS) is 17.2. The van der Waals surface area contributed by atoms with E-state index in [1.165, 1.54) is 18.2 Å². The van der Waals surface area contributed by atoms with E-state index in [0.29, 0.717) is 11.4 Å². The van der Waals surface area contributed by atoms with Gasteiger partial charge in [-0.15, -0.1) is 11.3 Å². The zero-order valence-electron chi connectivity index (χ0n) is 14.5. The average Bonchev–Trinajstić information content (AvgIpc) is 2.85. The molecule has 1 fully saturated rings. The number of carbonyl (C=O) groups is 2. The minimum Gasteiger partial charge on any atom is -0.351 e. The van der Waals surface area contributed by atoms with Gasteiger partial charge < -0.3 is 16.4 Å². The molecular weight excluding hydrogens is 374 g/mol. The maximum Gasteiger partial charge on any atom is 0.317 e. The van der Waals surface area contributed by atoms with Crippen molar-refractivity contribution in [1.29, 1.82) is 0 Å². The van der Waals surface area contributed by atoms with Crippen molar-refractivity contribution in [2.75, 3.05) is 18.4 Å². The van der Waals surface area contributed by atoms with Gasteiger partial charge in [0.2, 0.25) is 0 Å². The number of hydrogen-bond donors (Lipinski definition) is 4. The maximum atomic E-state index is 14.1. The van der Waals surface area contributed by atoms with E-state index in [0.717, 1.165) is 43.2 Å². The summed E-state index contributed by atoms with van der Waals surface area (Å²) >= 11 is 0.963. The number of hydrogen-bond acceptors (Lipinski definition) is 4. The quantitative estimate of drug-likeness (QED) is 0.642. The van der Waals surface area contributed by atoms with Crippen LogP contribution in [-0.4, -0.2) is 31.1 Å². The van der Waals surface area contributed by atoms with Gasteiger partial charge in [0.25, 0.3) is 5.91 Å². The van der Waals surface area contributed by atoms with Gasteiger partial charge in [0, 0.05) is 23.0 Å². The van der Waals surface area contributed by atoms with Gasteiger partial charge in [-0.25, -0.2) is 13.6 Å². The second-order valence-electron chi connectivity index (χ2n) is 6.31. The number of nitrogens with one attached hydrogen (secondary N) is 3. The van der Waals surface area contributed by atoms with E-state index in [-0.39, 0.29) is 22.2 Å². The van der Waals surface area contributed by atoms with E-state index in [1.807, 2.05) is 0 Å². The molecule has 9 heteroatoms. The summed E-state index contributed by atoms with van der Waals surface area (Å²) in [6.45, 7) is 1.56. The van der Waals surface area contributed by atoms with E-state index in [9.17, 15) is 18.4 Å². The number of rotatable bonds is 4. The number of primary amides is 1. The highest BCUT2D eigenvalue weighted by Crippen LogP contribution is 2.37. The fourth-order valence-electron chi connectivity index (χ4n) is 3.00. The molecule has 0 radical (unpaired) electrons. The Morgan fingerprint density at radius 2 is 2.07 bits per heavy atom. The highest BCUT2D eigenvalue weighted by atomic mass is 32.1. The number of urea groups is 1. The molecule has 0 aliphatic carbocycles. The summed E-state index contributed by atoms with van der Waals surface area (Å²) in [5, 5.41) is 8.76. The highest BCUT2D eigenvalue weighted by Gasteiger charge is 2.23. The van der Waals surface area contributed by atoms with Crippen molar-refractivity contribution in [3.8, 4) is 10.4 Å². The van der Waals surface area contributed by atoms with Gasteiger partial charge in [0.15, 0.2) is 11.6 Å². The summed E-state index contributed by atoms with van der Waals surface area (Å²) in [6, 6.07) is 4.36. The van der Waals surface area contributed by atoms with Gasteiger partial charge in [-0.05, 0) is 31.5 Å². The summed E-state index contributed by atoms with van der Waals surface area (Å²) in [5.74, 6) is -2.39. The van der Waals surface area contributed by atoms with Gasteiger partial charge in [-0.2, -0.15) is 0 Å². The minimum atomic E-state index is -1.01. The standard InChI is InChI=1S/C18H20F2N4O2S/c19-13-6-3-5-11(15(13)20)14-8-12(17(27-14)24-18(21)26)16(25)23-10-4-1-2-7-22-9-10/h3,5-6,8,10,22H,1-2,4,7,9H2,(H,23,25)(H3,21,24,26)/t10-/m0/s1. The van der Waals surface area contributed by atoms with E-state index in [2.05, 4.69) is 16.0 Å². The smallest absolute Gasteiger partial charge is 0.317 e. The first-order valence-corrected chi connectivity index (χ1v) is 9.43. The van der Waals surface area contributed by atoms with Crippen molar-refractivity contribution < 1.29 is 18.4 Å². The van der Waals surface area contributed by atoms with Gasteiger partial charge >= 0.3 is 6.03 Å². The Kier molecular flexibility index (Phi) is 6.02. The monoisotopic (exact) mass is 394 g/mol. The first-order chi connectivity index (χ1) is 13.0. The number of anilines is 1. The van der Waals surface area contributed by atoms with Crippen LogP contribution in [0.4, 0.5) is 18.6 Å². The van der Waals surface area contributed by atoms with Crippen LogP contribution >= 0.6 is 11.3 Å². The molecule has 1 saturated heterocycles. The molecule has 5 N–H and O–H groups in total. The maximum absolute atomic E-state index is 14.1. The van der Waals surface area contributed by atoms with E-state index < -0.39 is 23.6 Å². The molecule has 3 amide bonds. The number of carbonyl (C=O) groups excluding carboxylic acids is 2. The molecule has 1 aromatic heterocycles. The minimum absolute atomic E-state index is 0.0164. The van der Waals surface area contributed by atoms with E-state index in [4.69, 9.17) is 5.73 Å². The first kappa shape index (κ1) is 19.2. The SMILES string of the molecule is NC(=O)Nc1sc(-c2cccc(F)c2F)cc1C(=O)N[C@H]1CCCCNC1. The Bertz CT molecular complexity index is 848. The van der Waals surface area contributed by atoms with Gasteiger partial charge in [0.1, 0.15) is 5.00 Å². The lowest BCUT2D eigenvalue weighted by Crippen LogP contribution is -2.41. The van der Waals surface area contributed by atoms with Gasteiger partial charge in [-0.1, -0.05) is 18.6 Å². The molecule has 1 aliphatic rings. The lowest BCUT2D eigenvalue weighted by atomic mass is 10.1. The summed E-state index contributed by atoms with van der Waals surface area (Å²) in [6.07, 6.45) is 2.88. The molecule has 0 unspecified atom stereocenters. The molecule has 1 aromatic carbocycles. The lowest BCUT2D eigenvalue weighted by molar-refractivity contribution is 0.0937. The van der Waals surface area contributed by atoms with Gasteiger partial charge in [0.05, 0.1) is 5.56 Å². The van der Waals surface area contributed by atoms with Crippen molar-refractivity contribution in [1.82, 2.24) is 10.6 Å². The summed E-state index contributed by atoms with van der Waals surface area (Å²) < 4.78 is 27.7. The summed E-state index contributed by atoms with van der Waals surface area (Å²) in [5.41, 5.74) is 5.37. The Balaban J connectivity index is 1.90. The third kappa shape index (κ3) is 4.61. The van der Waals surface area contributed by atoms with Crippen molar-refractivity contribution in [3.05, 3.63) is 41.5 Å². The predicted molar refractivity (Wildman–Crippen MR) is 101 cm³/mol. The van der Waals surface area contributed by atoms with Crippen molar-refractivity contribution in [2.45, 2.75) is 25.3 Å². The molecule has 2 aromatic rings. The van der Waals surface area contributed by atoms with Gasteiger partial charge in [-0.3, -0.25) is 10.1 Å². The number of thiophene rings is 1. The molecule has 144 valence electrons. The Morgan fingerprint density at radius 1 is 1.26 bits per heavy atom. The molecule has 0 spiro atoms. The fourth-order valence-corrected chi connectivity index (χ4v) is 4.07. The number of halogens is 2. The lowest BCUT2D eigenvalue weighted by Gasteiger charge is -2.16. The second-order valence-corrected chi connectivity index (χ2v) is 7.37. The highest BCUT2D eigenvalue weighted by molar-refractivity contribution is 7.20. The molecule has 0 bridgehead atoms. The molecular formula is C18H20F2N4O2S. The van der Waals surface area contributed by atoms with Crippen molar-refractivity contribution in [3.63, 3.8) is 0 Å². The Hall–Kier alpha value is -2.52. The Labute approximate surface area is 159 Å². The second kappa shape index (κ2) is 8.45. The number of benzene rings is 1. The topological polar surface area (TPSA) is 96.2 Å². The average molecular weight is 394 g/mol. The number of amides is 3. The van der Waals surface area contributed by atoms with Crippen LogP contribution in [0.5, 0.6) is 0 Å². The predicted octanol–water partition coefficient (Wildman–Crippen LogP) is 3.06. The van der Waals surface area contributed by atoms with Crippen LogP contribution in [0.2, 0.25) is 0 Å². The van der Waals surface area contributed by atoms with Crippen LogP contribution in [-0.2, 0) is 0 Å². The van der Waals surface area contributed by atoms with E-state index in [1.54, 1.807) is 0 Å². The van der Waals surface area contributed by atoms with Crippen LogP contribution in [0.15, 0.2) is 24.3 Å². The van der Waals surface area contributed by atoms with Crippen LogP contribution in [0.3, 0.4) is 0 Å². The molecule has 3 rings (SSSR count). The molecule has 2 heterocycles. The van der Waals surface area contributed by atoms with Crippen LogP contribution in [0, 0.1) is 11.6 Å². The summed E-state index contributed by atoms with van der Waals surface area (Å²) in [4.78, 5) is 24.3. The molecule has 1 atom stereocenters. The van der Waals surface area contributed by atoms with Crippen LogP contribution in [0.1, 0.15) is 29.6 Å². The first-order valence-electron chi connectivity index (χ1n) is 8.62. The largest absolute Gasteiger partial charge is 0.351 e. The van der Waals surface area contributed by atoms with E-state index >= 15 is 0 Å². The zero-order valence-corrected chi connectivity index (χ0v) is 15.3. The molecule has 1 aliphatic heterocycles. The van der Waals surface area contributed by atoms with Crippen molar-refractivity contribution >= 4 is 28.3 Å². The zero-order chi connectivity index (χ0) is 19.4. The van der Waals surface area contributed by atoms with Crippen molar-refractivity contribution in [2.24, 2.45) is 5.73 Å². The molecule has 0 saturated carbocycles. The fraction of sp³-hybridized carbons (Fsp3) is 0.333. The molecule has 6 nitrogen and oxygen atoms in total. The third-order valence-corrected chi connectivity index (χ3v) is 5.40. The number of nitrogens with two attached hydrogens (primary N) is 1. The van der Waals surface area contributed by atoms with Crippen LogP contribution < -0.4 is 21.7 Å². The van der Waals surface area contributed by atoms with Crippen LogP contribution in [0.25, 0.3) is 10.4 Å². The summed E-state index contributed by atoms with van der Waals surface area (Å²) in [7, 11) is 0.